The van der Waals surface area contributed by atoms with E-state index in [0.29, 0.717) is 6.54 Å². The maximum Gasteiger partial charge on any atom is 0.272 e. The Morgan fingerprint density at radius 1 is 1.62 bits per heavy atom. The zero-order valence-electron chi connectivity index (χ0n) is 7.73. The quantitative estimate of drug-likeness (QED) is 0.632. The second-order valence-electron chi connectivity index (χ2n) is 3.15. The summed E-state index contributed by atoms with van der Waals surface area (Å²) < 4.78 is 7.10. The zero-order chi connectivity index (χ0) is 9.42. The average Bonchev–Trinajstić information content (AvgIpc) is 2.59. The molecule has 0 unspecified atom stereocenters. The Bertz CT molecular complexity index is 332. The highest BCUT2D eigenvalue weighted by molar-refractivity contribution is 5.93. The van der Waals surface area contributed by atoms with Gasteiger partial charge in [0.15, 0.2) is 0 Å². The molecule has 1 aliphatic rings. The van der Waals surface area contributed by atoms with Crippen LogP contribution in [-0.2, 0) is 11.3 Å². The molecule has 0 bridgehead atoms. The van der Waals surface area contributed by atoms with Crippen molar-refractivity contribution in [2.75, 3.05) is 14.2 Å². The summed E-state index contributed by atoms with van der Waals surface area (Å²) in [6.07, 6.45) is 1.75. The van der Waals surface area contributed by atoms with Gasteiger partial charge in [-0.2, -0.15) is 0 Å². The summed E-state index contributed by atoms with van der Waals surface area (Å²) in [5.41, 5.74) is 0.732. The van der Waals surface area contributed by atoms with Gasteiger partial charge in [0, 0.05) is 20.4 Å². The normalized spacial score (nSPS) is 21.8. The fraction of sp³-hybridized carbons (Fsp3) is 0.444. The molecule has 0 aliphatic carbocycles. The predicted octanol–water partition coefficient (Wildman–Crippen LogP) is 0.546. The number of hydrogen-bond acceptors (Lipinski definition) is 2. The molecule has 13 heavy (non-hydrogen) atoms. The molecule has 4 heteroatoms. The third-order valence-corrected chi connectivity index (χ3v) is 2.43. The SMILES string of the molecule is CO[C@@H]1Cn2cccc2C(=O)N1C. The number of nitrogens with zero attached hydrogens (tertiary/aromatic N) is 2. The lowest BCUT2D eigenvalue weighted by atomic mass is 10.3. The van der Waals surface area contributed by atoms with Crippen LogP contribution in [0.3, 0.4) is 0 Å². The lowest BCUT2D eigenvalue weighted by molar-refractivity contribution is -0.0275. The molecule has 0 fully saturated rings. The van der Waals surface area contributed by atoms with Crippen molar-refractivity contribution in [1.82, 2.24) is 9.47 Å². The van der Waals surface area contributed by atoms with Crippen LogP contribution in [0.1, 0.15) is 10.5 Å². The van der Waals surface area contributed by atoms with E-state index in [4.69, 9.17) is 4.74 Å². The first-order valence-corrected chi connectivity index (χ1v) is 4.19. The number of likely N-dealkylation sites (N-methyl/N-ethyl adjacent to an activating group) is 1. The standard InChI is InChI=1S/C9H12N2O2/c1-10-8(13-2)6-11-5-3-4-7(11)9(10)12/h3-5,8H,6H2,1-2H3/t8-/m1/s1. The Balaban J connectivity index is 2.38. The van der Waals surface area contributed by atoms with E-state index in [1.165, 1.54) is 0 Å². The molecule has 1 aliphatic heterocycles. The summed E-state index contributed by atoms with van der Waals surface area (Å²) in [5.74, 6) is 0.0168. The van der Waals surface area contributed by atoms with Crippen LogP contribution >= 0.6 is 0 Å². The van der Waals surface area contributed by atoms with Gasteiger partial charge >= 0.3 is 0 Å². The second kappa shape index (κ2) is 2.88. The Hall–Kier alpha value is -1.29. The maximum atomic E-state index is 11.7. The minimum atomic E-state index is -0.146. The van der Waals surface area contributed by atoms with Crippen LogP contribution in [0, 0.1) is 0 Å². The smallest absolute Gasteiger partial charge is 0.272 e. The van der Waals surface area contributed by atoms with E-state index < -0.39 is 0 Å². The number of amides is 1. The number of hydrogen-bond donors (Lipinski definition) is 0. The fourth-order valence-corrected chi connectivity index (χ4v) is 1.60. The van der Waals surface area contributed by atoms with Crippen LogP contribution in [0.2, 0.25) is 0 Å². The number of methoxy groups -OCH3 is 1. The van der Waals surface area contributed by atoms with Gasteiger partial charge in [0.05, 0.1) is 6.54 Å². The number of rotatable bonds is 1. The van der Waals surface area contributed by atoms with E-state index in [-0.39, 0.29) is 12.1 Å². The molecule has 0 saturated carbocycles. The minimum absolute atomic E-state index is 0.0168. The summed E-state index contributed by atoms with van der Waals surface area (Å²) in [4.78, 5) is 13.3. The molecule has 0 N–H and O–H groups in total. The second-order valence-corrected chi connectivity index (χ2v) is 3.15. The molecule has 2 rings (SSSR count). The molecule has 2 heterocycles. The van der Waals surface area contributed by atoms with Gasteiger partial charge in [-0.15, -0.1) is 0 Å². The molecule has 1 amide bonds. The molecule has 1 atom stereocenters. The maximum absolute atomic E-state index is 11.7. The summed E-state index contributed by atoms with van der Waals surface area (Å²) in [6.45, 7) is 0.709. The van der Waals surface area contributed by atoms with E-state index in [1.54, 1.807) is 19.1 Å². The van der Waals surface area contributed by atoms with E-state index in [0.717, 1.165) is 5.69 Å². The average molecular weight is 180 g/mol. The number of carbonyl (C=O) groups is 1. The van der Waals surface area contributed by atoms with Crippen molar-refractivity contribution in [3.8, 4) is 0 Å². The Labute approximate surface area is 76.7 Å². The summed E-state index contributed by atoms with van der Waals surface area (Å²) in [6, 6.07) is 3.70. The first-order chi connectivity index (χ1) is 6.24. The molecular formula is C9H12N2O2. The Kier molecular flexibility index (Phi) is 1.84. The van der Waals surface area contributed by atoms with Gasteiger partial charge in [-0.1, -0.05) is 0 Å². The third kappa shape index (κ3) is 1.14. The van der Waals surface area contributed by atoms with Crippen LogP contribution in [-0.4, -0.2) is 35.8 Å². The highest BCUT2D eigenvalue weighted by Crippen LogP contribution is 2.16. The summed E-state index contributed by atoms with van der Waals surface area (Å²) in [5, 5.41) is 0. The summed E-state index contributed by atoms with van der Waals surface area (Å²) in [7, 11) is 3.37. The van der Waals surface area contributed by atoms with E-state index in [2.05, 4.69) is 0 Å². The molecule has 1 aromatic heterocycles. The van der Waals surface area contributed by atoms with Gasteiger partial charge in [0.2, 0.25) is 0 Å². The van der Waals surface area contributed by atoms with Crippen molar-refractivity contribution in [2.24, 2.45) is 0 Å². The van der Waals surface area contributed by atoms with Crippen molar-refractivity contribution in [3.05, 3.63) is 24.0 Å². The number of carbonyl (C=O) groups excluding carboxylic acids is 1. The van der Waals surface area contributed by atoms with E-state index in [1.807, 2.05) is 22.9 Å². The van der Waals surface area contributed by atoms with E-state index in [9.17, 15) is 4.79 Å². The lowest BCUT2D eigenvalue weighted by Gasteiger charge is -2.32. The van der Waals surface area contributed by atoms with Gasteiger partial charge in [-0.25, -0.2) is 0 Å². The highest BCUT2D eigenvalue weighted by atomic mass is 16.5. The van der Waals surface area contributed by atoms with Crippen molar-refractivity contribution < 1.29 is 9.53 Å². The zero-order valence-corrected chi connectivity index (χ0v) is 7.73. The van der Waals surface area contributed by atoms with Crippen molar-refractivity contribution in [2.45, 2.75) is 12.8 Å². The summed E-state index contributed by atoms with van der Waals surface area (Å²) >= 11 is 0. The van der Waals surface area contributed by atoms with Crippen molar-refractivity contribution in [1.29, 1.82) is 0 Å². The number of fused-ring (bicyclic) bond motifs is 1. The molecule has 1 aromatic rings. The molecule has 0 aromatic carbocycles. The number of ether oxygens (including phenoxy) is 1. The molecule has 0 radical (unpaired) electrons. The Morgan fingerprint density at radius 2 is 2.38 bits per heavy atom. The molecular weight excluding hydrogens is 168 g/mol. The van der Waals surface area contributed by atoms with Gasteiger partial charge in [-0.3, -0.25) is 4.79 Å². The van der Waals surface area contributed by atoms with Crippen LogP contribution < -0.4 is 0 Å². The van der Waals surface area contributed by atoms with Crippen molar-refractivity contribution >= 4 is 5.91 Å². The predicted molar refractivity (Wildman–Crippen MR) is 47.3 cm³/mol. The van der Waals surface area contributed by atoms with Gasteiger partial charge in [0.1, 0.15) is 11.9 Å². The fourth-order valence-electron chi connectivity index (χ4n) is 1.60. The topological polar surface area (TPSA) is 34.5 Å². The highest BCUT2D eigenvalue weighted by Gasteiger charge is 2.28. The lowest BCUT2D eigenvalue weighted by Crippen LogP contribution is -2.46. The minimum Gasteiger partial charge on any atom is -0.360 e. The first kappa shape index (κ1) is 8.31. The monoisotopic (exact) mass is 180 g/mol. The Morgan fingerprint density at radius 3 is 3.08 bits per heavy atom. The molecule has 70 valence electrons. The van der Waals surface area contributed by atoms with Gasteiger partial charge in [0.25, 0.3) is 5.91 Å². The first-order valence-electron chi connectivity index (χ1n) is 4.19. The molecule has 0 saturated heterocycles. The third-order valence-electron chi connectivity index (χ3n) is 2.43. The van der Waals surface area contributed by atoms with Crippen LogP contribution in [0.4, 0.5) is 0 Å². The van der Waals surface area contributed by atoms with Crippen LogP contribution in [0.15, 0.2) is 18.3 Å². The molecule has 0 spiro atoms. The van der Waals surface area contributed by atoms with Crippen LogP contribution in [0.5, 0.6) is 0 Å². The van der Waals surface area contributed by atoms with E-state index >= 15 is 0 Å². The largest absolute Gasteiger partial charge is 0.360 e. The van der Waals surface area contributed by atoms with Gasteiger partial charge in [-0.05, 0) is 12.1 Å². The van der Waals surface area contributed by atoms with Gasteiger partial charge < -0.3 is 14.2 Å². The van der Waals surface area contributed by atoms with Crippen molar-refractivity contribution in [3.63, 3.8) is 0 Å². The molecule has 4 nitrogen and oxygen atoms in total. The van der Waals surface area contributed by atoms with Crippen LogP contribution in [0.25, 0.3) is 0 Å². The number of aromatic nitrogens is 1.